The lowest BCUT2D eigenvalue weighted by Gasteiger charge is -2.37. The van der Waals surface area contributed by atoms with Crippen molar-refractivity contribution in [1.82, 2.24) is 10.2 Å². The molecule has 2 atom stereocenters. The number of anilines is 1. The van der Waals surface area contributed by atoms with Crippen LogP contribution in [0, 0.1) is 0 Å². The van der Waals surface area contributed by atoms with Gasteiger partial charge in [-0.1, -0.05) is 31.5 Å². The molecule has 1 amide bonds. The molecule has 0 unspecified atom stereocenters. The lowest BCUT2D eigenvalue weighted by molar-refractivity contribution is -0.144. The Labute approximate surface area is 152 Å². The molecule has 0 radical (unpaired) electrons. The topological polar surface area (TPSA) is 72.9 Å². The maximum atomic E-state index is 13.0. The third-order valence-electron chi connectivity index (χ3n) is 5.07. The number of hydrogen-bond donors (Lipinski definition) is 2. The SMILES string of the molecule is C[C@@H]1CN(CC(=O)N2CC(C)(C)c3ccc(Cl)cc32)[C@@H](C(=O)O)CN1. The van der Waals surface area contributed by atoms with Gasteiger partial charge in [0.25, 0.3) is 0 Å². The Balaban J connectivity index is 1.82. The summed E-state index contributed by atoms with van der Waals surface area (Å²) in [5.41, 5.74) is 1.77. The van der Waals surface area contributed by atoms with Crippen LogP contribution in [0.15, 0.2) is 18.2 Å². The first kappa shape index (κ1) is 18.2. The summed E-state index contributed by atoms with van der Waals surface area (Å²) in [5, 5.41) is 13.2. The summed E-state index contributed by atoms with van der Waals surface area (Å²) in [6.45, 7) is 7.72. The van der Waals surface area contributed by atoms with Crippen molar-refractivity contribution < 1.29 is 14.7 Å². The molecule has 1 fully saturated rings. The molecule has 1 aromatic carbocycles. The molecule has 7 heteroatoms. The number of halogens is 1. The first-order valence-corrected chi connectivity index (χ1v) is 8.87. The first-order chi connectivity index (χ1) is 11.7. The first-order valence-electron chi connectivity index (χ1n) is 8.49. The summed E-state index contributed by atoms with van der Waals surface area (Å²) >= 11 is 6.13. The summed E-state index contributed by atoms with van der Waals surface area (Å²) in [6.07, 6.45) is 0. The smallest absolute Gasteiger partial charge is 0.322 e. The van der Waals surface area contributed by atoms with E-state index in [0.29, 0.717) is 24.7 Å². The van der Waals surface area contributed by atoms with Gasteiger partial charge in [-0.3, -0.25) is 14.5 Å². The lowest BCUT2D eigenvalue weighted by Crippen LogP contribution is -2.60. The number of piperazine rings is 1. The van der Waals surface area contributed by atoms with E-state index in [1.807, 2.05) is 25.1 Å². The summed E-state index contributed by atoms with van der Waals surface area (Å²) in [5.74, 6) is -0.994. The molecular formula is C18H24ClN3O3. The number of amides is 1. The summed E-state index contributed by atoms with van der Waals surface area (Å²) in [4.78, 5) is 28.0. The molecule has 0 saturated carbocycles. The van der Waals surface area contributed by atoms with Gasteiger partial charge in [0, 0.05) is 41.8 Å². The molecular weight excluding hydrogens is 342 g/mol. The van der Waals surface area contributed by atoms with E-state index >= 15 is 0 Å². The fourth-order valence-corrected chi connectivity index (χ4v) is 3.92. The minimum absolute atomic E-state index is 0.0883. The fourth-order valence-electron chi connectivity index (χ4n) is 3.75. The minimum Gasteiger partial charge on any atom is -0.480 e. The van der Waals surface area contributed by atoms with Crippen LogP contribution >= 0.6 is 11.6 Å². The monoisotopic (exact) mass is 365 g/mol. The van der Waals surface area contributed by atoms with Crippen molar-refractivity contribution in [3.05, 3.63) is 28.8 Å². The summed E-state index contributed by atoms with van der Waals surface area (Å²) < 4.78 is 0. The van der Waals surface area contributed by atoms with Crippen LogP contribution in [0.4, 0.5) is 5.69 Å². The zero-order valence-corrected chi connectivity index (χ0v) is 15.5. The molecule has 6 nitrogen and oxygen atoms in total. The molecule has 2 N–H and O–H groups in total. The van der Waals surface area contributed by atoms with Crippen molar-refractivity contribution in [3.8, 4) is 0 Å². The van der Waals surface area contributed by atoms with E-state index in [9.17, 15) is 14.7 Å². The average Bonchev–Trinajstić information content (AvgIpc) is 2.78. The summed E-state index contributed by atoms with van der Waals surface area (Å²) in [6, 6.07) is 5.10. The van der Waals surface area contributed by atoms with E-state index in [0.717, 1.165) is 11.3 Å². The van der Waals surface area contributed by atoms with Crippen LogP contribution in [0.5, 0.6) is 0 Å². The second-order valence-corrected chi connectivity index (χ2v) is 8.05. The van der Waals surface area contributed by atoms with Crippen molar-refractivity contribution in [1.29, 1.82) is 0 Å². The maximum absolute atomic E-state index is 13.0. The Hall–Kier alpha value is -1.63. The molecule has 25 heavy (non-hydrogen) atoms. The second-order valence-electron chi connectivity index (χ2n) is 7.62. The normalized spacial score (nSPS) is 25.7. The number of nitrogens with zero attached hydrogens (tertiary/aromatic N) is 2. The zero-order chi connectivity index (χ0) is 18.4. The highest BCUT2D eigenvalue weighted by atomic mass is 35.5. The number of carbonyl (C=O) groups excluding carboxylic acids is 1. The van der Waals surface area contributed by atoms with E-state index < -0.39 is 12.0 Å². The van der Waals surface area contributed by atoms with Crippen molar-refractivity contribution in [2.75, 3.05) is 31.1 Å². The highest BCUT2D eigenvalue weighted by molar-refractivity contribution is 6.31. The zero-order valence-electron chi connectivity index (χ0n) is 14.8. The molecule has 1 aromatic rings. The third-order valence-corrected chi connectivity index (χ3v) is 5.30. The maximum Gasteiger partial charge on any atom is 0.322 e. The van der Waals surface area contributed by atoms with Crippen molar-refractivity contribution in [2.45, 2.75) is 38.3 Å². The van der Waals surface area contributed by atoms with Crippen molar-refractivity contribution in [2.24, 2.45) is 0 Å². The van der Waals surface area contributed by atoms with Gasteiger partial charge in [0.1, 0.15) is 6.04 Å². The number of carboxylic acid groups (broad SMARTS) is 1. The van der Waals surface area contributed by atoms with Gasteiger partial charge < -0.3 is 15.3 Å². The van der Waals surface area contributed by atoms with Crippen LogP contribution in [0.1, 0.15) is 26.3 Å². The minimum atomic E-state index is -0.905. The molecule has 0 spiro atoms. The number of carbonyl (C=O) groups is 2. The van der Waals surface area contributed by atoms with Crippen LogP contribution in [0.2, 0.25) is 5.02 Å². The van der Waals surface area contributed by atoms with E-state index in [1.54, 1.807) is 9.80 Å². The Morgan fingerprint density at radius 2 is 2.12 bits per heavy atom. The van der Waals surface area contributed by atoms with Gasteiger partial charge in [-0.05, 0) is 24.6 Å². The van der Waals surface area contributed by atoms with Gasteiger partial charge in [0.05, 0.1) is 6.54 Å². The van der Waals surface area contributed by atoms with E-state index in [-0.39, 0.29) is 23.9 Å². The van der Waals surface area contributed by atoms with Gasteiger partial charge in [-0.15, -0.1) is 0 Å². The van der Waals surface area contributed by atoms with E-state index in [1.165, 1.54) is 0 Å². The average molecular weight is 366 g/mol. The molecule has 1 saturated heterocycles. The fraction of sp³-hybridized carbons (Fsp3) is 0.556. The summed E-state index contributed by atoms with van der Waals surface area (Å²) in [7, 11) is 0. The highest BCUT2D eigenvalue weighted by Crippen LogP contribution is 2.41. The van der Waals surface area contributed by atoms with Gasteiger partial charge in [-0.2, -0.15) is 0 Å². The van der Waals surface area contributed by atoms with Crippen LogP contribution in [-0.2, 0) is 15.0 Å². The van der Waals surface area contributed by atoms with Gasteiger partial charge in [0.2, 0.25) is 5.91 Å². The van der Waals surface area contributed by atoms with Crippen LogP contribution < -0.4 is 10.2 Å². The molecule has 136 valence electrons. The molecule has 0 aliphatic carbocycles. The number of nitrogens with one attached hydrogen (secondary N) is 1. The van der Waals surface area contributed by atoms with Crippen LogP contribution in [-0.4, -0.2) is 60.1 Å². The van der Waals surface area contributed by atoms with E-state index in [4.69, 9.17) is 11.6 Å². The molecule has 2 aliphatic heterocycles. The second kappa shape index (κ2) is 6.59. The molecule has 3 rings (SSSR count). The number of carboxylic acids is 1. The van der Waals surface area contributed by atoms with E-state index in [2.05, 4.69) is 19.2 Å². The van der Waals surface area contributed by atoms with Crippen molar-refractivity contribution in [3.63, 3.8) is 0 Å². The number of benzene rings is 1. The number of fused-ring (bicyclic) bond motifs is 1. The number of aliphatic carboxylic acids is 1. The Morgan fingerprint density at radius 1 is 1.40 bits per heavy atom. The predicted octanol–water partition coefficient (Wildman–Crippen LogP) is 1.71. The number of rotatable bonds is 3. The Bertz CT molecular complexity index is 707. The van der Waals surface area contributed by atoms with Gasteiger partial charge in [0.15, 0.2) is 0 Å². The molecule has 2 heterocycles. The molecule has 0 bridgehead atoms. The Morgan fingerprint density at radius 3 is 2.80 bits per heavy atom. The van der Waals surface area contributed by atoms with Gasteiger partial charge in [-0.25, -0.2) is 0 Å². The van der Waals surface area contributed by atoms with Gasteiger partial charge >= 0.3 is 5.97 Å². The lowest BCUT2D eigenvalue weighted by atomic mass is 9.87. The van der Waals surface area contributed by atoms with Crippen LogP contribution in [0.3, 0.4) is 0 Å². The molecule has 2 aliphatic rings. The van der Waals surface area contributed by atoms with Crippen molar-refractivity contribution >= 4 is 29.2 Å². The number of hydrogen-bond acceptors (Lipinski definition) is 4. The molecule has 0 aromatic heterocycles. The standard InChI is InChI=1S/C18H24ClN3O3/c1-11-8-21(15(7-20-11)17(24)25)9-16(23)22-10-18(2,3)13-5-4-12(19)6-14(13)22/h4-6,11,15,20H,7-10H2,1-3H3,(H,24,25)/t11-,15-/m1/s1. The largest absolute Gasteiger partial charge is 0.480 e. The third kappa shape index (κ3) is 3.52. The van der Waals surface area contributed by atoms with Crippen LogP contribution in [0.25, 0.3) is 0 Å². The quantitative estimate of drug-likeness (QED) is 0.853. The highest BCUT2D eigenvalue weighted by Gasteiger charge is 2.40. The Kier molecular flexibility index (Phi) is 4.79. The predicted molar refractivity (Wildman–Crippen MR) is 97.3 cm³/mol.